The van der Waals surface area contributed by atoms with Gasteiger partial charge in [0.2, 0.25) is 11.8 Å². The number of carbonyl (C=O) groups is 4. The van der Waals surface area contributed by atoms with Gasteiger partial charge in [0.05, 0.1) is 60.6 Å². The fraction of sp³-hybridized carbons (Fsp3) is 0.442. The number of likely N-dealkylation sites (tertiary alicyclic amines) is 2. The van der Waals surface area contributed by atoms with Gasteiger partial charge in [-0.25, -0.2) is 19.6 Å². The Morgan fingerprint density at radius 3 is 1.56 bits per heavy atom. The molecule has 312 valence electrons. The molecule has 2 fully saturated rings. The van der Waals surface area contributed by atoms with Crippen LogP contribution in [-0.2, 0) is 28.5 Å². The van der Waals surface area contributed by atoms with Crippen LogP contribution in [-0.4, -0.2) is 120 Å². The van der Waals surface area contributed by atoms with E-state index in [1.54, 1.807) is 23.6 Å². The largest absolute Gasteiger partial charge is 0.453 e. The van der Waals surface area contributed by atoms with Gasteiger partial charge in [-0.1, -0.05) is 30.3 Å². The molecule has 59 heavy (non-hydrogen) atoms. The number of nitrogens with one attached hydrogen (secondary N) is 4. The van der Waals surface area contributed by atoms with E-state index < -0.39 is 36.5 Å². The van der Waals surface area contributed by atoms with Gasteiger partial charge >= 0.3 is 12.2 Å². The Hall–Kier alpha value is -6.00. The third-order valence-corrected chi connectivity index (χ3v) is 11.7. The van der Waals surface area contributed by atoms with Crippen molar-refractivity contribution >= 4 is 46.1 Å². The van der Waals surface area contributed by atoms with Crippen LogP contribution in [0.15, 0.2) is 54.6 Å². The summed E-state index contributed by atoms with van der Waals surface area (Å²) in [6.45, 7) is 6.64. The van der Waals surface area contributed by atoms with Gasteiger partial charge in [0.15, 0.2) is 0 Å². The number of rotatable bonds is 12. The number of alkyl carbamates (subject to hydrolysis) is 2. The Bertz CT molecular complexity index is 2360. The molecule has 2 aliphatic rings. The molecule has 4 heterocycles. The van der Waals surface area contributed by atoms with Crippen molar-refractivity contribution in [3.05, 3.63) is 71.8 Å². The van der Waals surface area contributed by atoms with Crippen LogP contribution in [0, 0.1) is 6.92 Å². The molecule has 5 aromatic rings. The van der Waals surface area contributed by atoms with E-state index in [-0.39, 0.29) is 23.9 Å². The second-order valence-electron chi connectivity index (χ2n) is 15.2. The Balaban J connectivity index is 1.09. The van der Waals surface area contributed by atoms with Crippen molar-refractivity contribution < 1.29 is 38.1 Å². The maximum Gasteiger partial charge on any atom is 0.407 e. The number of nitrogens with zero attached hydrogens (tertiary/aromatic N) is 4. The van der Waals surface area contributed by atoms with Crippen molar-refractivity contribution in [1.29, 1.82) is 0 Å². The van der Waals surface area contributed by atoms with Crippen molar-refractivity contribution in [1.82, 2.24) is 40.4 Å². The fourth-order valence-electron chi connectivity index (χ4n) is 8.28. The summed E-state index contributed by atoms with van der Waals surface area (Å²) in [5.41, 5.74) is 8.58. The Labute approximate surface area is 342 Å². The minimum Gasteiger partial charge on any atom is -0.453 e. The number of H-pyrrole nitrogens is 2. The van der Waals surface area contributed by atoms with Crippen molar-refractivity contribution in [3.63, 3.8) is 0 Å². The lowest BCUT2D eigenvalue weighted by Crippen LogP contribution is -2.54. The number of benzene rings is 3. The molecule has 4 amide bonds. The molecule has 16 heteroatoms. The SMILES string of the molecule is COC(=O)N[C@H](C(=O)N1CCC[C@H]1c1nc2ccc(-c3ccc(-c4ccc5nc([C@@H]6CCCN6C(=O)[C@@H](NC(=O)OC)[C@@H](C)OC)[nH]c5c4)c(C)c3)cc2[nH]1)[C@@H](C)OC. The molecule has 0 bridgehead atoms. The van der Waals surface area contributed by atoms with Gasteiger partial charge in [-0.2, -0.15) is 0 Å². The first kappa shape index (κ1) is 41.2. The van der Waals surface area contributed by atoms with Crippen LogP contribution in [0.4, 0.5) is 9.59 Å². The average molecular weight is 809 g/mol. The van der Waals surface area contributed by atoms with E-state index in [2.05, 4.69) is 70.0 Å². The van der Waals surface area contributed by atoms with Gasteiger partial charge in [-0.15, -0.1) is 0 Å². The van der Waals surface area contributed by atoms with Gasteiger partial charge in [-0.05, 0) is 98.5 Å². The molecule has 0 aliphatic carbocycles. The summed E-state index contributed by atoms with van der Waals surface area (Å²) >= 11 is 0. The van der Waals surface area contributed by atoms with Crippen LogP contribution in [0.5, 0.6) is 0 Å². The molecule has 0 spiro atoms. The summed E-state index contributed by atoms with van der Waals surface area (Å²) in [6, 6.07) is 16.3. The van der Waals surface area contributed by atoms with Gasteiger partial charge in [0.1, 0.15) is 23.7 Å². The standard InChI is InChI=1S/C43H52N8O8/c1-23-20-26(27-13-16-30-32(21-27)46-38(44-30)34-10-8-18-50(34)40(52)36(24(2)56-4)48-42(54)58-6)12-15-29(23)28-14-17-31-33(22-28)47-39(45-31)35-11-9-19-51(35)41(53)37(25(3)57-5)49-43(55)59-7/h12-17,20-22,24-25,34-37H,8-11,18-19H2,1-7H3,(H,44,46)(H,45,47)(H,48,54)(H,49,55)/t24-,25-,34+,35+,36+,37+/m1/s1. The van der Waals surface area contributed by atoms with E-state index in [4.69, 9.17) is 28.9 Å². The molecule has 2 saturated heterocycles. The smallest absolute Gasteiger partial charge is 0.407 e. The molecule has 3 aromatic carbocycles. The number of carbonyl (C=O) groups excluding carboxylic acids is 4. The quantitative estimate of drug-likeness (QED) is 0.118. The first-order valence-corrected chi connectivity index (χ1v) is 19.9. The molecule has 2 aromatic heterocycles. The number of hydrogen-bond acceptors (Lipinski definition) is 10. The number of aromatic nitrogens is 4. The number of ether oxygens (including phenoxy) is 4. The third kappa shape index (κ3) is 8.32. The van der Waals surface area contributed by atoms with E-state index in [0.717, 1.165) is 75.6 Å². The van der Waals surface area contributed by atoms with Crippen molar-refractivity contribution in [2.24, 2.45) is 0 Å². The Morgan fingerprint density at radius 1 is 0.661 bits per heavy atom. The van der Waals surface area contributed by atoms with E-state index in [1.807, 2.05) is 12.1 Å². The van der Waals surface area contributed by atoms with E-state index in [0.29, 0.717) is 24.7 Å². The van der Waals surface area contributed by atoms with E-state index in [9.17, 15) is 19.2 Å². The Morgan fingerprint density at radius 2 is 1.10 bits per heavy atom. The number of hydrogen-bond donors (Lipinski definition) is 4. The minimum atomic E-state index is -0.906. The highest BCUT2D eigenvalue weighted by Crippen LogP contribution is 2.36. The predicted molar refractivity (Wildman–Crippen MR) is 220 cm³/mol. The predicted octanol–water partition coefficient (Wildman–Crippen LogP) is 5.93. The summed E-state index contributed by atoms with van der Waals surface area (Å²) in [5, 5.41) is 5.27. The third-order valence-electron chi connectivity index (χ3n) is 11.7. The lowest BCUT2D eigenvalue weighted by molar-refractivity contribution is -0.138. The van der Waals surface area contributed by atoms with Crippen molar-refractivity contribution in [3.8, 4) is 22.3 Å². The molecular weight excluding hydrogens is 757 g/mol. The van der Waals surface area contributed by atoms with Gasteiger partial charge in [0, 0.05) is 27.3 Å². The van der Waals surface area contributed by atoms with Crippen LogP contribution in [0.25, 0.3) is 44.3 Å². The molecule has 0 radical (unpaired) electrons. The Kier molecular flexibility index (Phi) is 12.2. The lowest BCUT2D eigenvalue weighted by Gasteiger charge is -2.30. The zero-order valence-electron chi connectivity index (χ0n) is 34.5. The number of aryl methyl sites for hydroxylation is 1. The zero-order valence-corrected chi connectivity index (χ0v) is 34.5. The van der Waals surface area contributed by atoms with Crippen LogP contribution in [0.1, 0.15) is 68.8 Å². The summed E-state index contributed by atoms with van der Waals surface area (Å²) in [5.74, 6) is 0.894. The maximum atomic E-state index is 13.7. The van der Waals surface area contributed by atoms with Crippen molar-refractivity contribution in [2.45, 2.75) is 82.8 Å². The number of amides is 4. The molecular formula is C43H52N8O8. The molecule has 0 saturated carbocycles. The lowest BCUT2D eigenvalue weighted by atomic mass is 9.95. The molecule has 4 N–H and O–H groups in total. The average Bonchev–Trinajstić information content (AvgIpc) is 4.08. The number of aromatic amines is 2. The molecule has 7 rings (SSSR count). The topological polar surface area (TPSA) is 193 Å². The van der Waals surface area contributed by atoms with Gasteiger partial charge < -0.3 is 49.3 Å². The van der Waals surface area contributed by atoms with Crippen LogP contribution < -0.4 is 10.6 Å². The number of imidazole rings is 2. The van der Waals surface area contributed by atoms with Crippen LogP contribution in [0.3, 0.4) is 0 Å². The fourth-order valence-corrected chi connectivity index (χ4v) is 8.28. The van der Waals surface area contributed by atoms with Gasteiger partial charge in [-0.3, -0.25) is 9.59 Å². The maximum absolute atomic E-state index is 13.7. The van der Waals surface area contributed by atoms with Crippen molar-refractivity contribution in [2.75, 3.05) is 41.5 Å². The second-order valence-corrected chi connectivity index (χ2v) is 15.2. The summed E-state index contributed by atoms with van der Waals surface area (Å²) < 4.78 is 20.4. The summed E-state index contributed by atoms with van der Waals surface area (Å²) in [6.07, 6.45) is 0.564. The zero-order chi connectivity index (χ0) is 42.0. The minimum absolute atomic E-state index is 0.249. The van der Waals surface area contributed by atoms with Crippen LogP contribution >= 0.6 is 0 Å². The first-order valence-electron chi connectivity index (χ1n) is 19.9. The second kappa shape index (κ2) is 17.5. The van der Waals surface area contributed by atoms with E-state index >= 15 is 0 Å². The van der Waals surface area contributed by atoms with Crippen LogP contribution in [0.2, 0.25) is 0 Å². The van der Waals surface area contributed by atoms with Gasteiger partial charge in [0.25, 0.3) is 0 Å². The normalized spacial score (nSPS) is 18.8. The highest BCUT2D eigenvalue weighted by atomic mass is 16.5. The highest BCUT2D eigenvalue weighted by molar-refractivity contribution is 5.89. The molecule has 16 nitrogen and oxygen atoms in total. The summed E-state index contributed by atoms with van der Waals surface area (Å²) in [7, 11) is 5.52. The highest BCUT2D eigenvalue weighted by Gasteiger charge is 2.40. The molecule has 2 aliphatic heterocycles. The van der Waals surface area contributed by atoms with E-state index in [1.165, 1.54) is 28.4 Å². The first-order chi connectivity index (χ1) is 28.4. The number of methoxy groups -OCH3 is 4. The molecule has 0 unspecified atom stereocenters. The number of fused-ring (bicyclic) bond motifs is 2. The monoisotopic (exact) mass is 808 g/mol. The molecule has 6 atom stereocenters. The summed E-state index contributed by atoms with van der Waals surface area (Å²) in [4.78, 5) is 71.9.